The number of ether oxygens (including phenoxy) is 1. The number of fused-ring (bicyclic) bond motifs is 4. The predicted octanol–water partition coefficient (Wildman–Crippen LogP) is -0.143. The van der Waals surface area contributed by atoms with Crippen LogP contribution in [-0.2, 0) is 59.1 Å². The summed E-state index contributed by atoms with van der Waals surface area (Å²) < 4.78 is 5.50. The van der Waals surface area contributed by atoms with Crippen LogP contribution in [0.2, 0.25) is 0 Å². The molecule has 0 unspecified atom stereocenters. The molecule has 78 heavy (non-hydrogen) atoms. The summed E-state index contributed by atoms with van der Waals surface area (Å²) in [6, 6.07) is 18.1. The topological polar surface area (TPSA) is 393 Å². The molecule has 25 nitrogen and oxygen atoms in total. The number of hydrogen-bond acceptors (Lipinski definition) is 13. The largest absolute Gasteiger partial charge is 0.480 e. The highest BCUT2D eigenvalue weighted by molar-refractivity contribution is 5.96. The molecule has 418 valence electrons. The van der Waals surface area contributed by atoms with E-state index in [-0.39, 0.29) is 50.8 Å². The standard InChI is InChI=1S/C35H44N6O9.C18H23N5O5/c1-3-20(2)31(34(47)48)40-29(43)17-37-32(45)26(14-15-28(36)42)39-33(46)27-13-8-16-41(27)30(44)18-38-35(49)50-19-25-23-11-6-4-9-21(23)22-10-5-7-12-24(22)25;1-10(19)17(27)21-8-15(24)23-14(18(28)22-9-16(25)26)6-11-7-20-13-5-3-2-4-12(11)13/h4-7,9-12,20,25-27,31H,3,8,13-19H2,1-2H3,(H2,36,42)(H,37,45)(H,38,49)(H,39,46)(H,40,43)(H,47,48);2-5,7,10,14,20H,6,8-9,19H2,1H3,(H,21,27)(H,22,28)(H,23,24)(H,25,26)/t20-,26-,27-,31-;10-,14-/m00/s1. The number of nitrogens with zero attached hydrogens (tertiary/aromatic N) is 1. The molecule has 1 aliphatic heterocycles. The minimum absolute atomic E-state index is 0.0667. The zero-order chi connectivity index (χ0) is 57.1. The molecule has 1 fully saturated rings. The molecular weight excluding hydrogens is 1010 g/mol. The van der Waals surface area contributed by atoms with Crippen molar-refractivity contribution in [1.82, 2.24) is 47.1 Å². The van der Waals surface area contributed by atoms with Crippen molar-refractivity contribution in [3.05, 3.63) is 95.7 Å². The third kappa shape index (κ3) is 17.1. The number of nitrogens with two attached hydrogens (primary N) is 2. The summed E-state index contributed by atoms with van der Waals surface area (Å²) in [5.74, 6) is -8.11. The molecule has 0 bridgehead atoms. The van der Waals surface area contributed by atoms with Gasteiger partial charge in [-0.1, -0.05) is 87.0 Å². The van der Waals surface area contributed by atoms with Crippen molar-refractivity contribution in [3.63, 3.8) is 0 Å². The number of aliphatic carboxylic acids is 2. The van der Waals surface area contributed by atoms with Gasteiger partial charge in [0.25, 0.3) is 0 Å². The fraction of sp³-hybridized carbons (Fsp3) is 0.415. The molecule has 0 saturated carbocycles. The van der Waals surface area contributed by atoms with Gasteiger partial charge in [-0.2, -0.15) is 0 Å². The monoisotopic (exact) mass is 1080 g/mol. The van der Waals surface area contributed by atoms with Crippen molar-refractivity contribution in [3.8, 4) is 11.1 Å². The number of carbonyl (C=O) groups is 11. The number of alkyl carbamates (subject to hydrolysis) is 1. The number of aromatic amines is 1. The number of rotatable bonds is 25. The van der Waals surface area contributed by atoms with Gasteiger partial charge in [0.15, 0.2) is 0 Å². The molecule has 1 aromatic heterocycles. The summed E-state index contributed by atoms with van der Waals surface area (Å²) in [4.78, 5) is 139. The number of aromatic nitrogens is 1. The lowest BCUT2D eigenvalue weighted by Gasteiger charge is -2.26. The number of carboxylic acids is 2. The first-order valence-electron chi connectivity index (χ1n) is 25.3. The van der Waals surface area contributed by atoms with E-state index in [0.717, 1.165) is 38.7 Å². The third-order valence-electron chi connectivity index (χ3n) is 13.1. The van der Waals surface area contributed by atoms with E-state index >= 15 is 0 Å². The van der Waals surface area contributed by atoms with Gasteiger partial charge in [0.2, 0.25) is 47.3 Å². The lowest BCUT2D eigenvalue weighted by Crippen LogP contribution is -2.55. The van der Waals surface area contributed by atoms with E-state index in [0.29, 0.717) is 19.3 Å². The van der Waals surface area contributed by atoms with Gasteiger partial charge in [0.1, 0.15) is 43.9 Å². The van der Waals surface area contributed by atoms with Crippen LogP contribution in [0.1, 0.15) is 75.5 Å². The first-order valence-corrected chi connectivity index (χ1v) is 25.3. The molecule has 2 aliphatic rings. The predicted molar refractivity (Wildman–Crippen MR) is 281 cm³/mol. The van der Waals surface area contributed by atoms with Crippen LogP contribution in [0.25, 0.3) is 22.0 Å². The highest BCUT2D eigenvalue weighted by Gasteiger charge is 2.37. The Balaban J connectivity index is 0.000000338. The van der Waals surface area contributed by atoms with Gasteiger partial charge in [0.05, 0.1) is 19.1 Å². The lowest BCUT2D eigenvalue weighted by molar-refractivity contribution is -0.143. The molecule has 14 N–H and O–H groups in total. The van der Waals surface area contributed by atoms with E-state index in [1.54, 1.807) is 20.0 Å². The minimum Gasteiger partial charge on any atom is -0.480 e. The maximum absolute atomic E-state index is 13.3. The molecule has 9 amide bonds. The Morgan fingerprint density at radius 3 is 1.94 bits per heavy atom. The Hall–Kier alpha value is -8.87. The van der Waals surface area contributed by atoms with Crippen LogP contribution in [0, 0.1) is 5.92 Å². The van der Waals surface area contributed by atoms with E-state index in [1.807, 2.05) is 72.8 Å². The van der Waals surface area contributed by atoms with Crippen LogP contribution < -0.4 is 48.7 Å². The molecule has 6 atom stereocenters. The molecule has 4 aromatic rings. The number of carbonyl (C=O) groups excluding carboxylic acids is 9. The highest BCUT2D eigenvalue weighted by Crippen LogP contribution is 2.44. The summed E-state index contributed by atoms with van der Waals surface area (Å²) in [6.45, 7) is 3.32. The Morgan fingerprint density at radius 1 is 0.731 bits per heavy atom. The number of primary amides is 1. The summed E-state index contributed by atoms with van der Waals surface area (Å²) >= 11 is 0. The maximum atomic E-state index is 13.3. The summed E-state index contributed by atoms with van der Waals surface area (Å²) in [7, 11) is 0. The first-order chi connectivity index (χ1) is 37.2. The van der Waals surface area contributed by atoms with Gasteiger partial charge in [-0.25, -0.2) is 9.59 Å². The van der Waals surface area contributed by atoms with E-state index < -0.39 is 115 Å². The average Bonchev–Trinajstić information content (AvgIpc) is 4.17. The lowest BCUT2D eigenvalue weighted by atomic mass is 9.98. The number of benzene rings is 3. The van der Waals surface area contributed by atoms with Gasteiger partial charge in [0, 0.05) is 42.4 Å². The van der Waals surface area contributed by atoms with Gasteiger partial charge in [-0.05, 0) is 66.0 Å². The number of H-pyrrole nitrogens is 1. The van der Waals surface area contributed by atoms with E-state index in [4.69, 9.17) is 21.3 Å². The van der Waals surface area contributed by atoms with Crippen LogP contribution in [0.3, 0.4) is 0 Å². The second-order valence-corrected chi connectivity index (χ2v) is 18.8. The molecule has 25 heteroatoms. The summed E-state index contributed by atoms with van der Waals surface area (Å²) in [5.41, 5.74) is 16.6. The van der Waals surface area contributed by atoms with E-state index in [9.17, 15) is 57.8 Å². The van der Waals surface area contributed by atoms with Crippen molar-refractivity contribution in [2.45, 2.75) is 95.4 Å². The molecule has 3 aromatic carbocycles. The highest BCUT2D eigenvalue weighted by atomic mass is 16.5. The van der Waals surface area contributed by atoms with Crippen molar-refractivity contribution in [2.75, 3.05) is 39.3 Å². The third-order valence-corrected chi connectivity index (χ3v) is 13.1. The SMILES string of the molecule is CC[C@H](C)[C@H](NC(=O)CNC(=O)[C@H](CCC(N)=O)NC(=O)[C@@H]1CCCN1C(=O)CNC(=O)OCC1c2ccccc2-c2ccccc21)C(=O)O.C[C@H](N)C(=O)NCC(=O)N[C@@H](Cc1c[nH]c2ccccc12)C(=O)NCC(=O)O. The van der Waals surface area contributed by atoms with Crippen molar-refractivity contribution in [2.24, 2.45) is 17.4 Å². The number of nitrogens with one attached hydrogen (secondary N) is 8. The number of amides is 9. The normalized spacial score (nSPS) is 15.2. The smallest absolute Gasteiger partial charge is 0.407 e. The fourth-order valence-electron chi connectivity index (χ4n) is 8.85. The fourth-order valence-corrected chi connectivity index (χ4v) is 8.85. The Bertz CT molecular complexity index is 2810. The second-order valence-electron chi connectivity index (χ2n) is 18.8. The van der Waals surface area contributed by atoms with E-state index in [1.165, 1.54) is 11.8 Å². The molecule has 1 aliphatic carbocycles. The van der Waals surface area contributed by atoms with Crippen molar-refractivity contribution < 1.29 is 67.7 Å². The number of carboxylic acid groups (broad SMARTS) is 2. The molecule has 0 radical (unpaired) electrons. The Labute approximate surface area is 448 Å². The summed E-state index contributed by atoms with van der Waals surface area (Å²) in [6.07, 6.45) is 1.94. The van der Waals surface area contributed by atoms with Crippen LogP contribution in [0.5, 0.6) is 0 Å². The minimum atomic E-state index is -1.27. The Kier molecular flexibility index (Phi) is 22.2. The van der Waals surface area contributed by atoms with E-state index in [2.05, 4.69) is 42.2 Å². The van der Waals surface area contributed by atoms with Crippen molar-refractivity contribution in [1.29, 1.82) is 0 Å². The van der Waals surface area contributed by atoms with Gasteiger partial charge in [-0.15, -0.1) is 0 Å². The zero-order valence-corrected chi connectivity index (χ0v) is 43.4. The first kappa shape index (κ1) is 60.0. The molecule has 1 saturated heterocycles. The summed E-state index contributed by atoms with van der Waals surface area (Å²) in [5, 5.41) is 35.9. The van der Waals surface area contributed by atoms with Crippen LogP contribution >= 0.6 is 0 Å². The van der Waals surface area contributed by atoms with Gasteiger partial charge in [-0.3, -0.25) is 43.2 Å². The molecule has 2 heterocycles. The maximum Gasteiger partial charge on any atom is 0.407 e. The molecule has 6 rings (SSSR count). The van der Waals surface area contributed by atoms with Crippen LogP contribution in [0.15, 0.2) is 79.0 Å². The number of para-hydroxylation sites is 1. The quantitative estimate of drug-likeness (QED) is 0.0411. The molecular formula is C53H67N11O14. The number of likely N-dealkylation sites (tertiary alicyclic amines) is 1. The zero-order valence-electron chi connectivity index (χ0n) is 43.4. The second kappa shape index (κ2) is 28.9. The average molecular weight is 1080 g/mol. The number of hydrogen-bond donors (Lipinski definition) is 12. The van der Waals surface area contributed by atoms with Crippen LogP contribution in [-0.4, -0.2) is 155 Å². The van der Waals surface area contributed by atoms with Gasteiger partial charge >= 0.3 is 18.0 Å². The molecule has 0 spiro atoms. The van der Waals surface area contributed by atoms with Crippen LogP contribution in [0.4, 0.5) is 4.79 Å². The van der Waals surface area contributed by atoms with Crippen molar-refractivity contribution >= 4 is 76.2 Å². The Morgan fingerprint density at radius 2 is 1.32 bits per heavy atom. The van der Waals surface area contributed by atoms with Gasteiger partial charge < -0.3 is 73.5 Å².